The van der Waals surface area contributed by atoms with Crippen molar-refractivity contribution in [3.63, 3.8) is 0 Å². The van der Waals surface area contributed by atoms with Gasteiger partial charge < -0.3 is 20.1 Å². The first-order valence-corrected chi connectivity index (χ1v) is 9.71. The fourth-order valence-corrected chi connectivity index (χ4v) is 3.10. The SMILES string of the molecule is CCC(=O)Nc1ccccc1Nc1ncc2c(-c3cc(OC)cc(OC)c3)[nH]nc2n1. The molecule has 1 amide bonds. The summed E-state index contributed by atoms with van der Waals surface area (Å²) in [6, 6.07) is 12.9. The van der Waals surface area contributed by atoms with Gasteiger partial charge in [0.25, 0.3) is 0 Å². The Balaban J connectivity index is 1.66. The fourth-order valence-electron chi connectivity index (χ4n) is 3.10. The average Bonchev–Trinajstić information content (AvgIpc) is 3.23. The van der Waals surface area contributed by atoms with Gasteiger partial charge in [0.2, 0.25) is 11.9 Å². The van der Waals surface area contributed by atoms with E-state index in [9.17, 15) is 4.79 Å². The quantitative estimate of drug-likeness (QED) is 0.413. The number of anilines is 3. The summed E-state index contributed by atoms with van der Waals surface area (Å²) in [6.45, 7) is 1.80. The van der Waals surface area contributed by atoms with Gasteiger partial charge in [-0.05, 0) is 24.3 Å². The second-order valence-electron chi connectivity index (χ2n) is 6.70. The van der Waals surface area contributed by atoms with Gasteiger partial charge in [-0.2, -0.15) is 10.1 Å². The van der Waals surface area contributed by atoms with Gasteiger partial charge in [-0.3, -0.25) is 9.89 Å². The van der Waals surface area contributed by atoms with Crippen molar-refractivity contribution in [3.8, 4) is 22.8 Å². The zero-order valence-corrected chi connectivity index (χ0v) is 17.4. The van der Waals surface area contributed by atoms with Crippen LogP contribution >= 0.6 is 0 Å². The number of para-hydroxylation sites is 2. The molecule has 0 radical (unpaired) electrons. The Morgan fingerprint density at radius 2 is 1.77 bits per heavy atom. The monoisotopic (exact) mass is 418 g/mol. The van der Waals surface area contributed by atoms with Crippen LogP contribution in [0.3, 0.4) is 0 Å². The molecule has 4 rings (SSSR count). The maximum absolute atomic E-state index is 11.8. The van der Waals surface area contributed by atoms with Crippen LogP contribution in [0.25, 0.3) is 22.3 Å². The van der Waals surface area contributed by atoms with Gasteiger partial charge in [0, 0.05) is 24.2 Å². The lowest BCUT2D eigenvalue weighted by atomic mass is 10.1. The molecule has 0 aliphatic rings. The Labute approximate surface area is 178 Å². The summed E-state index contributed by atoms with van der Waals surface area (Å²) in [4.78, 5) is 20.7. The third kappa shape index (κ3) is 4.25. The summed E-state index contributed by atoms with van der Waals surface area (Å²) in [5, 5.41) is 14.1. The minimum Gasteiger partial charge on any atom is -0.497 e. The van der Waals surface area contributed by atoms with Gasteiger partial charge in [-0.1, -0.05) is 19.1 Å². The average molecular weight is 418 g/mol. The molecule has 4 aromatic rings. The molecule has 0 unspecified atom stereocenters. The van der Waals surface area contributed by atoms with E-state index < -0.39 is 0 Å². The summed E-state index contributed by atoms with van der Waals surface area (Å²) < 4.78 is 10.7. The van der Waals surface area contributed by atoms with E-state index in [0.29, 0.717) is 40.9 Å². The second-order valence-corrected chi connectivity index (χ2v) is 6.70. The van der Waals surface area contributed by atoms with Crippen LogP contribution in [0.5, 0.6) is 11.5 Å². The van der Waals surface area contributed by atoms with E-state index in [1.54, 1.807) is 33.4 Å². The summed E-state index contributed by atoms with van der Waals surface area (Å²) in [5.74, 6) is 1.63. The van der Waals surface area contributed by atoms with Crippen molar-refractivity contribution >= 4 is 34.3 Å². The molecule has 2 aromatic heterocycles. The normalized spacial score (nSPS) is 10.7. The van der Waals surface area contributed by atoms with E-state index in [2.05, 4.69) is 30.8 Å². The van der Waals surface area contributed by atoms with Gasteiger partial charge in [0.15, 0.2) is 5.65 Å². The summed E-state index contributed by atoms with van der Waals surface area (Å²) in [5.41, 5.74) is 3.45. The molecule has 0 fully saturated rings. The predicted octanol–water partition coefficient (Wildman–Crippen LogP) is 4.13. The molecule has 9 heteroatoms. The molecule has 0 saturated heterocycles. The number of methoxy groups -OCH3 is 2. The van der Waals surface area contributed by atoms with E-state index in [1.165, 1.54) is 0 Å². The number of aromatic amines is 1. The molecule has 0 aliphatic carbocycles. The van der Waals surface area contributed by atoms with Crippen LogP contribution in [-0.4, -0.2) is 40.3 Å². The summed E-state index contributed by atoms with van der Waals surface area (Å²) in [7, 11) is 3.21. The molecule has 9 nitrogen and oxygen atoms in total. The highest BCUT2D eigenvalue weighted by Crippen LogP contribution is 2.32. The summed E-state index contributed by atoms with van der Waals surface area (Å²) >= 11 is 0. The van der Waals surface area contributed by atoms with Crippen LogP contribution in [-0.2, 0) is 4.79 Å². The molecule has 0 aliphatic heterocycles. The number of fused-ring (bicyclic) bond motifs is 1. The van der Waals surface area contributed by atoms with Crippen LogP contribution in [0.2, 0.25) is 0 Å². The maximum Gasteiger partial charge on any atom is 0.229 e. The number of nitrogens with one attached hydrogen (secondary N) is 3. The number of carbonyl (C=O) groups excluding carboxylic acids is 1. The topological polar surface area (TPSA) is 114 Å². The van der Waals surface area contributed by atoms with Gasteiger partial charge in [0.1, 0.15) is 11.5 Å². The minimum absolute atomic E-state index is 0.0729. The molecule has 2 heterocycles. The number of hydrogen-bond donors (Lipinski definition) is 3. The minimum atomic E-state index is -0.0729. The molecule has 31 heavy (non-hydrogen) atoms. The lowest BCUT2D eigenvalue weighted by Crippen LogP contribution is -2.11. The van der Waals surface area contributed by atoms with Crippen LogP contribution in [0, 0.1) is 0 Å². The van der Waals surface area contributed by atoms with Gasteiger partial charge >= 0.3 is 0 Å². The maximum atomic E-state index is 11.8. The molecule has 3 N–H and O–H groups in total. The molecule has 0 saturated carbocycles. The first-order valence-electron chi connectivity index (χ1n) is 9.71. The standard InChI is InChI=1S/C22H22N6O3/c1-4-19(29)24-17-7-5-6-8-18(17)25-22-23-12-16-20(27-28-21(16)26-22)13-9-14(30-2)11-15(10-13)31-3/h5-12H,4H2,1-3H3,(H,24,29)(H2,23,25,26,27,28). The number of aromatic nitrogens is 4. The zero-order chi connectivity index (χ0) is 21.8. The number of carbonyl (C=O) groups is 1. The Morgan fingerprint density at radius 1 is 1.06 bits per heavy atom. The van der Waals surface area contributed by atoms with E-state index in [0.717, 1.165) is 16.6 Å². The molecule has 158 valence electrons. The number of nitrogens with zero attached hydrogens (tertiary/aromatic N) is 3. The van der Waals surface area contributed by atoms with Crippen molar-refractivity contribution in [2.75, 3.05) is 24.9 Å². The Hall–Kier alpha value is -4.14. The van der Waals surface area contributed by atoms with E-state index in [-0.39, 0.29) is 5.91 Å². The van der Waals surface area contributed by atoms with Crippen LogP contribution < -0.4 is 20.1 Å². The summed E-state index contributed by atoms with van der Waals surface area (Å²) in [6.07, 6.45) is 2.09. The van der Waals surface area contributed by atoms with E-state index >= 15 is 0 Å². The third-order valence-corrected chi connectivity index (χ3v) is 4.72. The lowest BCUT2D eigenvalue weighted by molar-refractivity contribution is -0.115. The molecular formula is C22H22N6O3. The number of rotatable bonds is 7. The number of ether oxygens (including phenoxy) is 2. The van der Waals surface area contributed by atoms with Crippen LogP contribution in [0.15, 0.2) is 48.7 Å². The van der Waals surface area contributed by atoms with Crippen molar-refractivity contribution < 1.29 is 14.3 Å². The van der Waals surface area contributed by atoms with Gasteiger partial charge in [0.05, 0.1) is 36.7 Å². The van der Waals surface area contributed by atoms with Crippen LogP contribution in [0.1, 0.15) is 13.3 Å². The Bertz CT molecular complexity index is 1210. The fraction of sp³-hybridized carbons (Fsp3) is 0.182. The third-order valence-electron chi connectivity index (χ3n) is 4.72. The number of hydrogen-bond acceptors (Lipinski definition) is 7. The Kier molecular flexibility index (Phi) is 5.65. The smallest absolute Gasteiger partial charge is 0.229 e. The van der Waals surface area contributed by atoms with Gasteiger partial charge in [-0.15, -0.1) is 0 Å². The number of benzene rings is 2. The first kappa shape index (κ1) is 20.1. The highest BCUT2D eigenvalue weighted by atomic mass is 16.5. The van der Waals surface area contributed by atoms with E-state index in [1.807, 2.05) is 36.4 Å². The molecule has 0 spiro atoms. The van der Waals surface area contributed by atoms with Crippen molar-refractivity contribution in [1.29, 1.82) is 0 Å². The highest BCUT2D eigenvalue weighted by molar-refractivity contribution is 5.95. The first-order chi connectivity index (χ1) is 15.1. The number of H-pyrrole nitrogens is 1. The predicted molar refractivity (Wildman–Crippen MR) is 119 cm³/mol. The van der Waals surface area contributed by atoms with Crippen molar-refractivity contribution in [1.82, 2.24) is 20.2 Å². The molecular weight excluding hydrogens is 396 g/mol. The zero-order valence-electron chi connectivity index (χ0n) is 17.4. The molecule has 0 bridgehead atoms. The largest absolute Gasteiger partial charge is 0.497 e. The molecule has 0 atom stereocenters. The van der Waals surface area contributed by atoms with Crippen molar-refractivity contribution in [3.05, 3.63) is 48.7 Å². The van der Waals surface area contributed by atoms with Gasteiger partial charge in [-0.25, -0.2) is 4.98 Å². The molecule has 2 aromatic carbocycles. The highest BCUT2D eigenvalue weighted by Gasteiger charge is 2.14. The second kappa shape index (κ2) is 8.70. The van der Waals surface area contributed by atoms with E-state index in [4.69, 9.17) is 9.47 Å². The lowest BCUT2D eigenvalue weighted by Gasteiger charge is -2.11. The van der Waals surface area contributed by atoms with Crippen molar-refractivity contribution in [2.45, 2.75) is 13.3 Å². The Morgan fingerprint density at radius 3 is 2.45 bits per heavy atom. The van der Waals surface area contributed by atoms with Crippen molar-refractivity contribution in [2.24, 2.45) is 0 Å². The number of amides is 1. The van der Waals surface area contributed by atoms with Crippen LogP contribution in [0.4, 0.5) is 17.3 Å².